The molecule has 11 heavy (non-hydrogen) atoms. The summed E-state index contributed by atoms with van der Waals surface area (Å²) < 4.78 is 5.14. The largest absolute Gasteiger partial charge is 0.390 e. The molecule has 0 saturated carbocycles. The topological polar surface area (TPSA) is 29.5 Å². The molecule has 0 saturated heterocycles. The van der Waals surface area contributed by atoms with Gasteiger partial charge in [0.2, 0.25) is 0 Å². The van der Waals surface area contributed by atoms with E-state index < -0.39 is 11.7 Å². The number of methoxy groups -OCH3 is 1. The Labute approximate surface area is 68.9 Å². The molecule has 2 atom stereocenters. The molecule has 0 spiro atoms. The van der Waals surface area contributed by atoms with E-state index >= 15 is 0 Å². The van der Waals surface area contributed by atoms with Crippen LogP contribution in [0.15, 0.2) is 12.7 Å². The molecule has 0 aliphatic heterocycles. The molecule has 0 radical (unpaired) electrons. The van der Waals surface area contributed by atoms with Crippen LogP contribution in [0.2, 0.25) is 0 Å². The van der Waals surface area contributed by atoms with Crippen molar-refractivity contribution >= 4 is 0 Å². The predicted molar refractivity (Wildman–Crippen MR) is 46.5 cm³/mol. The molecule has 0 aromatic carbocycles. The van der Waals surface area contributed by atoms with Crippen molar-refractivity contribution in [3.05, 3.63) is 12.7 Å². The lowest BCUT2D eigenvalue weighted by atomic mass is 9.90. The first kappa shape index (κ1) is 10.7. The lowest BCUT2D eigenvalue weighted by Gasteiger charge is -2.32. The smallest absolute Gasteiger partial charge is 0.109 e. The molecule has 0 rings (SSSR count). The van der Waals surface area contributed by atoms with Crippen LogP contribution >= 0.6 is 0 Å². The molecular formula is C9H18O2. The van der Waals surface area contributed by atoms with Gasteiger partial charge in [-0.1, -0.05) is 19.9 Å². The van der Waals surface area contributed by atoms with E-state index in [-0.39, 0.29) is 5.92 Å². The number of aliphatic hydroxyl groups is 1. The molecule has 0 fully saturated rings. The summed E-state index contributed by atoms with van der Waals surface area (Å²) >= 11 is 0. The fourth-order valence-corrected chi connectivity index (χ4v) is 0.987. The molecule has 0 aliphatic carbocycles. The van der Waals surface area contributed by atoms with Crippen molar-refractivity contribution in [2.45, 2.75) is 32.5 Å². The summed E-state index contributed by atoms with van der Waals surface area (Å²) in [5, 5.41) is 9.65. The monoisotopic (exact) mass is 158 g/mol. The highest BCUT2D eigenvalue weighted by Gasteiger charge is 2.31. The molecule has 2 unspecified atom stereocenters. The van der Waals surface area contributed by atoms with Crippen LogP contribution in [0.1, 0.15) is 20.8 Å². The Bertz CT molecular complexity index is 132. The van der Waals surface area contributed by atoms with Crippen LogP contribution < -0.4 is 0 Å². The zero-order chi connectivity index (χ0) is 9.07. The Morgan fingerprint density at radius 3 is 2.09 bits per heavy atom. The van der Waals surface area contributed by atoms with Gasteiger partial charge < -0.3 is 9.84 Å². The molecule has 0 amide bonds. The second-order valence-corrected chi connectivity index (χ2v) is 3.28. The van der Waals surface area contributed by atoms with Crippen LogP contribution in [0, 0.1) is 5.92 Å². The average molecular weight is 158 g/mol. The lowest BCUT2D eigenvalue weighted by Crippen LogP contribution is -2.42. The fraction of sp³-hybridized carbons (Fsp3) is 0.778. The van der Waals surface area contributed by atoms with E-state index in [1.54, 1.807) is 13.2 Å². The van der Waals surface area contributed by atoms with Gasteiger partial charge in [0.1, 0.15) is 5.60 Å². The number of hydrogen-bond donors (Lipinski definition) is 1. The van der Waals surface area contributed by atoms with Crippen LogP contribution in [-0.2, 0) is 4.74 Å². The Morgan fingerprint density at radius 2 is 2.00 bits per heavy atom. The number of ether oxygens (including phenoxy) is 1. The molecule has 2 heteroatoms. The minimum atomic E-state index is -0.617. The summed E-state index contributed by atoms with van der Waals surface area (Å²) in [6, 6.07) is 0. The molecule has 66 valence electrons. The molecular weight excluding hydrogens is 140 g/mol. The van der Waals surface area contributed by atoms with Gasteiger partial charge in [-0.05, 0) is 12.8 Å². The van der Waals surface area contributed by atoms with Gasteiger partial charge in [0.05, 0.1) is 6.10 Å². The third-order valence-electron chi connectivity index (χ3n) is 2.06. The summed E-state index contributed by atoms with van der Waals surface area (Å²) in [6.07, 6.45) is 1.14. The molecule has 1 N–H and O–H groups in total. The average Bonchev–Trinajstić information content (AvgIpc) is 2.01. The zero-order valence-corrected chi connectivity index (χ0v) is 7.79. The van der Waals surface area contributed by atoms with Gasteiger partial charge in [0, 0.05) is 7.11 Å². The minimum absolute atomic E-state index is 0.179. The summed E-state index contributed by atoms with van der Waals surface area (Å²) in [4.78, 5) is 0. The maximum absolute atomic E-state index is 9.65. The third-order valence-corrected chi connectivity index (χ3v) is 2.06. The summed E-state index contributed by atoms with van der Waals surface area (Å²) in [5.74, 6) is 0.179. The standard InChI is InChI=1S/C9H18O2/c1-6-9(4,11-5)8(10)7(2)3/h6-8,10H,1H2,2-5H3. The van der Waals surface area contributed by atoms with Crippen LogP contribution in [0.3, 0.4) is 0 Å². The van der Waals surface area contributed by atoms with Crippen molar-refractivity contribution in [3.63, 3.8) is 0 Å². The maximum Gasteiger partial charge on any atom is 0.109 e. The summed E-state index contributed by atoms with van der Waals surface area (Å²) in [7, 11) is 1.58. The highest BCUT2D eigenvalue weighted by Crippen LogP contribution is 2.21. The molecule has 2 nitrogen and oxygen atoms in total. The number of rotatable bonds is 4. The van der Waals surface area contributed by atoms with E-state index in [0.717, 1.165) is 0 Å². The van der Waals surface area contributed by atoms with Gasteiger partial charge in [-0.2, -0.15) is 0 Å². The van der Waals surface area contributed by atoms with E-state index in [1.807, 2.05) is 20.8 Å². The lowest BCUT2D eigenvalue weighted by molar-refractivity contribution is -0.0756. The van der Waals surface area contributed by atoms with Gasteiger partial charge in [0.15, 0.2) is 0 Å². The van der Waals surface area contributed by atoms with Crippen LogP contribution in [-0.4, -0.2) is 23.9 Å². The van der Waals surface area contributed by atoms with Crippen molar-refractivity contribution in [3.8, 4) is 0 Å². The van der Waals surface area contributed by atoms with Crippen molar-refractivity contribution in [1.82, 2.24) is 0 Å². The first-order valence-corrected chi connectivity index (χ1v) is 3.84. The van der Waals surface area contributed by atoms with Crippen molar-refractivity contribution in [1.29, 1.82) is 0 Å². The molecule has 0 aromatic heterocycles. The molecule has 0 bridgehead atoms. The van der Waals surface area contributed by atoms with E-state index in [9.17, 15) is 5.11 Å². The minimum Gasteiger partial charge on any atom is -0.390 e. The first-order valence-electron chi connectivity index (χ1n) is 3.84. The van der Waals surface area contributed by atoms with Crippen molar-refractivity contribution in [2.75, 3.05) is 7.11 Å². The van der Waals surface area contributed by atoms with E-state index in [4.69, 9.17) is 4.74 Å². The SMILES string of the molecule is C=CC(C)(OC)C(O)C(C)C. The second-order valence-electron chi connectivity index (χ2n) is 3.28. The van der Waals surface area contributed by atoms with Gasteiger partial charge >= 0.3 is 0 Å². The van der Waals surface area contributed by atoms with Gasteiger partial charge in [0.25, 0.3) is 0 Å². The summed E-state index contributed by atoms with van der Waals surface area (Å²) in [6.45, 7) is 9.35. The van der Waals surface area contributed by atoms with E-state index in [1.165, 1.54) is 0 Å². The zero-order valence-electron chi connectivity index (χ0n) is 7.79. The quantitative estimate of drug-likeness (QED) is 0.630. The Hall–Kier alpha value is -0.340. The Kier molecular flexibility index (Phi) is 3.76. The maximum atomic E-state index is 9.65. The van der Waals surface area contributed by atoms with Crippen LogP contribution in [0.5, 0.6) is 0 Å². The molecule has 0 heterocycles. The molecule has 0 aromatic rings. The van der Waals surface area contributed by atoms with Crippen LogP contribution in [0.4, 0.5) is 0 Å². The van der Waals surface area contributed by atoms with E-state index in [2.05, 4.69) is 6.58 Å². The van der Waals surface area contributed by atoms with Crippen molar-refractivity contribution < 1.29 is 9.84 Å². The third kappa shape index (κ3) is 2.31. The Morgan fingerprint density at radius 1 is 1.55 bits per heavy atom. The van der Waals surface area contributed by atoms with Gasteiger partial charge in [-0.15, -0.1) is 6.58 Å². The number of aliphatic hydroxyl groups excluding tert-OH is 1. The highest BCUT2D eigenvalue weighted by molar-refractivity contribution is 4.99. The van der Waals surface area contributed by atoms with Crippen molar-refractivity contribution in [2.24, 2.45) is 5.92 Å². The second kappa shape index (κ2) is 3.88. The van der Waals surface area contributed by atoms with Gasteiger partial charge in [-0.25, -0.2) is 0 Å². The molecule has 0 aliphatic rings. The van der Waals surface area contributed by atoms with Crippen LogP contribution in [0.25, 0.3) is 0 Å². The normalized spacial score (nSPS) is 19.5. The fourth-order valence-electron chi connectivity index (χ4n) is 0.987. The number of hydrogen-bond acceptors (Lipinski definition) is 2. The van der Waals surface area contributed by atoms with E-state index in [0.29, 0.717) is 0 Å². The Balaban J connectivity index is 4.36. The summed E-state index contributed by atoms with van der Waals surface area (Å²) in [5.41, 5.74) is -0.617. The highest BCUT2D eigenvalue weighted by atomic mass is 16.5. The van der Waals surface area contributed by atoms with Gasteiger partial charge in [-0.3, -0.25) is 0 Å². The predicted octanol–water partition coefficient (Wildman–Crippen LogP) is 1.59. The first-order chi connectivity index (χ1) is 4.98.